The summed E-state index contributed by atoms with van der Waals surface area (Å²) in [4.78, 5) is 2.28. The van der Waals surface area contributed by atoms with Crippen LogP contribution in [0.2, 0.25) is 0 Å². The fraction of sp³-hybridized carbons (Fsp3) is 0.500. The van der Waals surface area contributed by atoms with E-state index in [9.17, 15) is 0 Å². The molecular formula is C12H18N2O. The molecule has 1 N–H and O–H groups in total. The predicted molar refractivity (Wildman–Crippen MR) is 62.1 cm³/mol. The van der Waals surface area contributed by atoms with Crippen molar-refractivity contribution >= 4 is 0 Å². The van der Waals surface area contributed by atoms with Gasteiger partial charge in [-0.1, -0.05) is 5.92 Å². The summed E-state index contributed by atoms with van der Waals surface area (Å²) in [7, 11) is 1.68. The van der Waals surface area contributed by atoms with Crippen LogP contribution in [0.5, 0.6) is 0 Å². The van der Waals surface area contributed by atoms with E-state index in [0.717, 1.165) is 37.6 Å². The number of allylic oxidation sites excluding steroid dienone is 3. The maximum Gasteiger partial charge on any atom is 0.116 e. The highest BCUT2D eigenvalue weighted by Crippen LogP contribution is 2.13. The second kappa shape index (κ2) is 6.15. The van der Waals surface area contributed by atoms with Crippen molar-refractivity contribution in [2.24, 2.45) is 0 Å². The molecule has 82 valence electrons. The Balaban J connectivity index is 2.80. The molecule has 1 aliphatic heterocycles. The van der Waals surface area contributed by atoms with Gasteiger partial charge < -0.3 is 15.0 Å². The van der Waals surface area contributed by atoms with E-state index in [1.165, 1.54) is 0 Å². The molecule has 0 aromatic heterocycles. The molecule has 0 bridgehead atoms. The lowest BCUT2D eigenvalue weighted by molar-refractivity contribution is 0.248. The summed E-state index contributed by atoms with van der Waals surface area (Å²) in [5, 5.41) is 3.31. The van der Waals surface area contributed by atoms with Gasteiger partial charge in [-0.15, -0.1) is 6.42 Å². The van der Waals surface area contributed by atoms with Gasteiger partial charge in [-0.05, 0) is 19.1 Å². The zero-order chi connectivity index (χ0) is 11.1. The second-order valence-electron chi connectivity index (χ2n) is 3.38. The highest BCUT2D eigenvalue weighted by Gasteiger charge is 2.13. The number of nitrogens with zero attached hydrogens (tertiary/aromatic N) is 1. The molecule has 1 rings (SSSR count). The largest absolute Gasteiger partial charge is 0.499 e. The Bertz CT molecular complexity index is 293. The molecule has 0 atom stereocenters. The number of hydrogen-bond donors (Lipinski definition) is 1. The highest BCUT2D eigenvalue weighted by molar-refractivity contribution is 5.26. The lowest BCUT2D eigenvalue weighted by atomic mass is 10.2. The van der Waals surface area contributed by atoms with Crippen molar-refractivity contribution in [2.45, 2.75) is 6.92 Å². The number of methoxy groups -OCH3 is 1. The lowest BCUT2D eigenvalue weighted by Crippen LogP contribution is -2.42. The second-order valence-corrected chi connectivity index (χ2v) is 3.38. The van der Waals surface area contributed by atoms with Gasteiger partial charge >= 0.3 is 0 Å². The third-order valence-electron chi connectivity index (χ3n) is 2.46. The van der Waals surface area contributed by atoms with Crippen LogP contribution in [0.3, 0.4) is 0 Å². The summed E-state index contributed by atoms with van der Waals surface area (Å²) in [5.41, 5.74) is 1.08. The van der Waals surface area contributed by atoms with Crippen molar-refractivity contribution in [3.63, 3.8) is 0 Å². The van der Waals surface area contributed by atoms with Crippen molar-refractivity contribution in [2.75, 3.05) is 33.3 Å². The normalized spacial score (nSPS) is 18.6. The first-order valence-electron chi connectivity index (χ1n) is 5.12. The van der Waals surface area contributed by atoms with Crippen LogP contribution in [0.4, 0.5) is 0 Å². The Labute approximate surface area is 91.8 Å². The molecule has 0 saturated carbocycles. The van der Waals surface area contributed by atoms with E-state index in [2.05, 4.69) is 16.1 Å². The first-order chi connectivity index (χ1) is 7.29. The van der Waals surface area contributed by atoms with Crippen molar-refractivity contribution in [1.29, 1.82) is 0 Å². The van der Waals surface area contributed by atoms with E-state index in [0.29, 0.717) is 0 Å². The first kappa shape index (κ1) is 11.7. The monoisotopic (exact) mass is 206 g/mol. The average molecular weight is 206 g/mol. The third-order valence-corrected chi connectivity index (χ3v) is 2.46. The molecule has 3 heteroatoms. The predicted octanol–water partition coefficient (Wildman–Crippen LogP) is 0.959. The van der Waals surface area contributed by atoms with Crippen LogP contribution in [-0.4, -0.2) is 38.2 Å². The lowest BCUT2D eigenvalue weighted by Gasteiger charge is -2.31. The van der Waals surface area contributed by atoms with Crippen LogP contribution in [0.25, 0.3) is 0 Å². The zero-order valence-corrected chi connectivity index (χ0v) is 9.42. The molecule has 0 aromatic rings. The van der Waals surface area contributed by atoms with E-state index < -0.39 is 0 Å². The summed E-state index contributed by atoms with van der Waals surface area (Å²) in [6.07, 6.45) is 8.86. The number of piperazine rings is 1. The number of ether oxygens (including phenoxy) is 1. The van der Waals surface area contributed by atoms with E-state index in [1.807, 2.05) is 13.0 Å². The van der Waals surface area contributed by atoms with Crippen LogP contribution in [0.15, 0.2) is 23.6 Å². The topological polar surface area (TPSA) is 24.5 Å². The summed E-state index contributed by atoms with van der Waals surface area (Å²) in [6, 6.07) is 0. The van der Waals surface area contributed by atoms with E-state index >= 15 is 0 Å². The smallest absolute Gasteiger partial charge is 0.116 e. The SMILES string of the molecule is C#C/C=C\C(=C(/C)OC)N1CCNCC1. The standard InChI is InChI=1S/C12H18N2O/c1-4-5-6-12(11(2)15-3)14-9-7-13-8-10-14/h1,5-6,13H,7-10H2,2-3H3/b6-5-,12-11-. The molecule has 15 heavy (non-hydrogen) atoms. The fourth-order valence-electron chi connectivity index (χ4n) is 1.58. The molecule has 0 radical (unpaired) electrons. The van der Waals surface area contributed by atoms with Gasteiger partial charge in [0.1, 0.15) is 5.76 Å². The van der Waals surface area contributed by atoms with Gasteiger partial charge in [-0.25, -0.2) is 0 Å². The maximum atomic E-state index is 5.26. The van der Waals surface area contributed by atoms with Crippen LogP contribution in [0.1, 0.15) is 6.92 Å². The van der Waals surface area contributed by atoms with Gasteiger partial charge in [0.2, 0.25) is 0 Å². The maximum absolute atomic E-state index is 5.26. The third kappa shape index (κ3) is 3.34. The molecule has 1 saturated heterocycles. The molecule has 0 unspecified atom stereocenters. The Morgan fingerprint density at radius 2 is 2.13 bits per heavy atom. The molecule has 0 amide bonds. The molecule has 1 heterocycles. The van der Waals surface area contributed by atoms with Crippen LogP contribution in [-0.2, 0) is 4.74 Å². The number of rotatable bonds is 3. The molecule has 0 aromatic carbocycles. The fourth-order valence-corrected chi connectivity index (χ4v) is 1.58. The van der Waals surface area contributed by atoms with E-state index in [1.54, 1.807) is 13.2 Å². The van der Waals surface area contributed by atoms with Gasteiger partial charge in [0.25, 0.3) is 0 Å². The van der Waals surface area contributed by atoms with Crippen LogP contribution >= 0.6 is 0 Å². The average Bonchev–Trinajstić information content (AvgIpc) is 2.30. The molecular weight excluding hydrogens is 188 g/mol. The van der Waals surface area contributed by atoms with E-state index in [4.69, 9.17) is 11.2 Å². The van der Waals surface area contributed by atoms with Crippen LogP contribution < -0.4 is 5.32 Å². The summed E-state index contributed by atoms with van der Waals surface area (Å²) < 4.78 is 5.26. The van der Waals surface area contributed by atoms with Gasteiger partial charge in [0, 0.05) is 26.2 Å². The number of terminal acetylenes is 1. The summed E-state index contributed by atoms with van der Waals surface area (Å²) in [5.74, 6) is 3.41. The van der Waals surface area contributed by atoms with Gasteiger partial charge in [0.05, 0.1) is 12.8 Å². The Morgan fingerprint density at radius 1 is 1.47 bits per heavy atom. The molecule has 0 spiro atoms. The molecule has 1 fully saturated rings. The molecule has 0 aliphatic carbocycles. The van der Waals surface area contributed by atoms with Gasteiger partial charge in [-0.2, -0.15) is 0 Å². The summed E-state index contributed by atoms with van der Waals surface area (Å²) in [6.45, 7) is 5.95. The zero-order valence-electron chi connectivity index (χ0n) is 9.42. The van der Waals surface area contributed by atoms with Crippen molar-refractivity contribution in [1.82, 2.24) is 10.2 Å². The van der Waals surface area contributed by atoms with Gasteiger partial charge in [-0.3, -0.25) is 0 Å². The minimum atomic E-state index is 0.906. The minimum absolute atomic E-state index is 0.906. The number of hydrogen-bond acceptors (Lipinski definition) is 3. The Morgan fingerprint density at radius 3 is 2.67 bits per heavy atom. The Kier molecular flexibility index (Phi) is 4.79. The molecule has 3 nitrogen and oxygen atoms in total. The minimum Gasteiger partial charge on any atom is -0.499 e. The van der Waals surface area contributed by atoms with Crippen LogP contribution in [0, 0.1) is 12.3 Å². The number of nitrogens with one attached hydrogen (secondary N) is 1. The van der Waals surface area contributed by atoms with Crippen molar-refractivity contribution < 1.29 is 4.74 Å². The Hall–Kier alpha value is -1.40. The van der Waals surface area contributed by atoms with Crippen molar-refractivity contribution in [3.8, 4) is 12.3 Å². The highest BCUT2D eigenvalue weighted by atomic mass is 16.5. The molecule has 1 aliphatic rings. The first-order valence-corrected chi connectivity index (χ1v) is 5.12. The van der Waals surface area contributed by atoms with Crippen molar-refractivity contribution in [3.05, 3.63) is 23.6 Å². The van der Waals surface area contributed by atoms with Gasteiger partial charge in [0.15, 0.2) is 0 Å². The summed E-state index contributed by atoms with van der Waals surface area (Å²) >= 11 is 0. The van der Waals surface area contributed by atoms with E-state index in [-0.39, 0.29) is 0 Å². The quantitative estimate of drug-likeness (QED) is 0.423.